The molecular weight excluding hydrogens is 392 g/mol. The lowest BCUT2D eigenvalue weighted by atomic mass is 10.0. The van der Waals surface area contributed by atoms with E-state index in [2.05, 4.69) is 28.1 Å². The number of carboxylic acids is 1. The number of hydrogen-bond acceptors (Lipinski definition) is 5. The number of rotatable bonds is 5. The molecule has 31 heavy (non-hydrogen) atoms. The molecule has 1 aromatic heterocycles. The topological polar surface area (TPSA) is 71.9 Å². The highest BCUT2D eigenvalue weighted by atomic mass is 16.5. The first kappa shape index (κ1) is 18.2. The van der Waals surface area contributed by atoms with Gasteiger partial charge in [-0.2, -0.15) is 0 Å². The minimum atomic E-state index is -0.693. The van der Waals surface area contributed by atoms with Crippen molar-refractivity contribution in [1.29, 1.82) is 0 Å². The van der Waals surface area contributed by atoms with Crippen molar-refractivity contribution in [3.63, 3.8) is 0 Å². The van der Waals surface area contributed by atoms with Gasteiger partial charge >= 0.3 is 5.97 Å². The van der Waals surface area contributed by atoms with Crippen LogP contribution in [0, 0.1) is 11.8 Å². The van der Waals surface area contributed by atoms with Gasteiger partial charge in [-0.05, 0) is 53.3 Å². The second-order valence-electron chi connectivity index (χ2n) is 8.41. The van der Waals surface area contributed by atoms with Crippen LogP contribution in [0.2, 0.25) is 0 Å². The molecule has 0 spiro atoms. The Balaban J connectivity index is 1.19. The number of hydrogen-bond donors (Lipinski definition) is 1. The number of aromatic nitrogens is 1. The third-order valence-corrected chi connectivity index (χ3v) is 6.61. The van der Waals surface area contributed by atoms with E-state index in [-0.39, 0.29) is 17.8 Å². The monoisotopic (exact) mass is 414 g/mol. The van der Waals surface area contributed by atoms with Crippen molar-refractivity contribution in [2.75, 3.05) is 18.1 Å². The second kappa shape index (κ2) is 7.01. The summed E-state index contributed by atoms with van der Waals surface area (Å²) in [5.74, 6) is 0.906. The molecule has 6 heteroatoms. The molecule has 2 heterocycles. The summed E-state index contributed by atoms with van der Waals surface area (Å²) in [5, 5.41) is 9.27. The third-order valence-electron chi connectivity index (χ3n) is 6.61. The Bertz CT molecular complexity index is 1160. The summed E-state index contributed by atoms with van der Waals surface area (Å²) in [6.45, 7) is 1.86. The number of fused-ring (bicyclic) bond motifs is 4. The van der Waals surface area contributed by atoms with Gasteiger partial charge in [0.05, 0.1) is 18.2 Å². The summed E-state index contributed by atoms with van der Waals surface area (Å²) in [6, 6.07) is 18.4. The molecule has 2 aromatic carbocycles. The smallest absolute Gasteiger partial charge is 0.307 e. The Kier molecular flexibility index (Phi) is 4.13. The number of aliphatic carboxylic acids is 1. The van der Waals surface area contributed by atoms with E-state index in [9.17, 15) is 9.90 Å². The lowest BCUT2D eigenvalue weighted by Crippen LogP contribution is -2.28. The van der Waals surface area contributed by atoms with E-state index in [1.807, 2.05) is 36.4 Å². The van der Waals surface area contributed by atoms with Gasteiger partial charge in [0.25, 0.3) is 0 Å². The molecule has 2 aliphatic carbocycles. The highest BCUT2D eigenvalue weighted by molar-refractivity contribution is 5.77. The normalized spacial score (nSPS) is 22.7. The summed E-state index contributed by atoms with van der Waals surface area (Å²) in [7, 11) is 0. The van der Waals surface area contributed by atoms with Crippen molar-refractivity contribution in [3.05, 3.63) is 77.5 Å². The number of ether oxygens (including phenoxy) is 2. The number of carboxylic acid groups (broad SMARTS) is 1. The van der Waals surface area contributed by atoms with Crippen LogP contribution in [0.1, 0.15) is 22.6 Å². The molecular formula is C25H22N2O4. The minimum Gasteiger partial charge on any atom is -0.490 e. The zero-order valence-electron chi connectivity index (χ0n) is 16.9. The number of anilines is 2. The SMILES string of the molecule is O=C(O)C1C2Cc3cc(OCc4ccc5c(c4)N(c4ccccc4)CCO5)ncc3C21. The largest absolute Gasteiger partial charge is 0.490 e. The molecule has 6 rings (SSSR count). The van der Waals surface area contributed by atoms with Crippen molar-refractivity contribution in [2.45, 2.75) is 18.9 Å². The average Bonchev–Trinajstić information content (AvgIpc) is 3.40. The van der Waals surface area contributed by atoms with Crippen LogP contribution in [0.3, 0.4) is 0 Å². The Morgan fingerprint density at radius 3 is 2.90 bits per heavy atom. The van der Waals surface area contributed by atoms with Crippen LogP contribution >= 0.6 is 0 Å². The molecule has 156 valence electrons. The first-order valence-corrected chi connectivity index (χ1v) is 10.6. The number of nitrogens with zero attached hydrogens (tertiary/aromatic N) is 2. The molecule has 0 amide bonds. The van der Waals surface area contributed by atoms with E-state index in [0.29, 0.717) is 19.1 Å². The Morgan fingerprint density at radius 1 is 1.19 bits per heavy atom. The van der Waals surface area contributed by atoms with Gasteiger partial charge in [-0.15, -0.1) is 0 Å². The predicted molar refractivity (Wildman–Crippen MR) is 115 cm³/mol. The fraction of sp³-hybridized carbons (Fsp3) is 0.280. The molecule has 1 saturated carbocycles. The maximum absolute atomic E-state index is 11.3. The van der Waals surface area contributed by atoms with Crippen LogP contribution in [0.25, 0.3) is 0 Å². The maximum Gasteiger partial charge on any atom is 0.307 e. The Labute approximate surface area is 180 Å². The molecule has 1 N–H and O–H groups in total. The second-order valence-corrected chi connectivity index (χ2v) is 8.41. The van der Waals surface area contributed by atoms with Gasteiger partial charge in [-0.3, -0.25) is 4.79 Å². The van der Waals surface area contributed by atoms with E-state index in [4.69, 9.17) is 9.47 Å². The lowest BCUT2D eigenvalue weighted by molar-refractivity contribution is -0.139. The van der Waals surface area contributed by atoms with Crippen LogP contribution in [-0.4, -0.2) is 29.2 Å². The molecule has 1 aliphatic heterocycles. The van der Waals surface area contributed by atoms with Gasteiger partial charge in [-0.1, -0.05) is 24.3 Å². The average molecular weight is 414 g/mol. The van der Waals surface area contributed by atoms with E-state index >= 15 is 0 Å². The van der Waals surface area contributed by atoms with Crippen molar-refractivity contribution < 1.29 is 19.4 Å². The number of para-hydroxylation sites is 1. The predicted octanol–water partition coefficient (Wildman–Crippen LogP) is 4.16. The number of carbonyl (C=O) groups is 1. The molecule has 3 unspecified atom stereocenters. The summed E-state index contributed by atoms with van der Waals surface area (Å²) in [5.41, 5.74) is 5.48. The molecule has 3 atom stereocenters. The summed E-state index contributed by atoms with van der Waals surface area (Å²) in [4.78, 5) is 18.0. The Morgan fingerprint density at radius 2 is 2.06 bits per heavy atom. The van der Waals surface area contributed by atoms with Crippen molar-refractivity contribution >= 4 is 17.3 Å². The van der Waals surface area contributed by atoms with Gasteiger partial charge < -0.3 is 19.5 Å². The zero-order chi connectivity index (χ0) is 20.9. The maximum atomic E-state index is 11.3. The standard InChI is InChI=1S/C25H22N2O4/c28-25(29)24-18-11-16-12-22(26-13-19(16)23(18)24)31-14-15-6-7-21-20(10-15)27(8-9-30-21)17-4-2-1-3-5-17/h1-7,10,12-13,18,23-24H,8-9,11,14H2,(H,28,29). The number of benzene rings is 2. The fourth-order valence-electron chi connectivity index (χ4n) is 5.07. The van der Waals surface area contributed by atoms with Gasteiger partial charge in [-0.25, -0.2) is 4.98 Å². The van der Waals surface area contributed by atoms with E-state index < -0.39 is 5.97 Å². The van der Waals surface area contributed by atoms with Crippen molar-refractivity contribution in [1.82, 2.24) is 4.98 Å². The quantitative estimate of drug-likeness (QED) is 0.676. The minimum absolute atomic E-state index is 0.138. The highest BCUT2D eigenvalue weighted by Gasteiger charge is 2.59. The molecule has 3 aromatic rings. The summed E-state index contributed by atoms with van der Waals surface area (Å²) < 4.78 is 11.8. The fourth-order valence-corrected chi connectivity index (χ4v) is 5.07. The summed E-state index contributed by atoms with van der Waals surface area (Å²) >= 11 is 0. The van der Waals surface area contributed by atoms with Crippen molar-refractivity contribution in [2.24, 2.45) is 11.8 Å². The van der Waals surface area contributed by atoms with Gasteiger partial charge in [0.2, 0.25) is 5.88 Å². The van der Waals surface area contributed by atoms with Crippen LogP contribution in [0.5, 0.6) is 11.6 Å². The lowest BCUT2D eigenvalue weighted by Gasteiger charge is -2.31. The van der Waals surface area contributed by atoms with E-state index in [1.165, 1.54) is 5.56 Å². The first-order chi connectivity index (χ1) is 15.2. The van der Waals surface area contributed by atoms with E-state index in [1.54, 1.807) is 6.20 Å². The Hall–Kier alpha value is -3.54. The van der Waals surface area contributed by atoms with Crippen LogP contribution < -0.4 is 14.4 Å². The van der Waals surface area contributed by atoms with Gasteiger partial charge in [0.1, 0.15) is 19.0 Å². The van der Waals surface area contributed by atoms with Gasteiger partial charge in [0.15, 0.2) is 0 Å². The highest BCUT2D eigenvalue weighted by Crippen LogP contribution is 2.61. The molecule has 0 bridgehead atoms. The summed E-state index contributed by atoms with van der Waals surface area (Å²) in [6.07, 6.45) is 2.61. The third kappa shape index (κ3) is 3.10. The van der Waals surface area contributed by atoms with Crippen LogP contribution in [0.15, 0.2) is 60.8 Å². The molecule has 3 aliphatic rings. The number of pyridine rings is 1. The van der Waals surface area contributed by atoms with Crippen molar-refractivity contribution in [3.8, 4) is 11.6 Å². The molecule has 6 nitrogen and oxygen atoms in total. The van der Waals surface area contributed by atoms with E-state index in [0.717, 1.165) is 41.2 Å². The van der Waals surface area contributed by atoms with Crippen LogP contribution in [-0.2, 0) is 17.8 Å². The van der Waals surface area contributed by atoms with Crippen LogP contribution in [0.4, 0.5) is 11.4 Å². The first-order valence-electron chi connectivity index (χ1n) is 10.6. The molecule has 0 radical (unpaired) electrons. The zero-order valence-corrected chi connectivity index (χ0v) is 16.9. The van der Waals surface area contributed by atoms with Gasteiger partial charge in [0, 0.05) is 23.9 Å². The molecule has 1 fully saturated rings. The molecule has 0 saturated heterocycles.